The van der Waals surface area contributed by atoms with E-state index in [-0.39, 0.29) is 0 Å². The Hall–Kier alpha value is -2.90. The molecule has 2 aliphatic rings. The molecule has 0 amide bonds. The fraction of sp³-hybridized carbons (Fsp3) is 0.0769. The third-order valence-corrected chi connectivity index (χ3v) is 7.45. The Balaban J connectivity index is 1.43. The lowest BCUT2D eigenvalue weighted by atomic mass is 10.1. The van der Waals surface area contributed by atoms with Crippen LogP contribution >= 0.6 is 0 Å². The first-order valence-electron chi connectivity index (χ1n) is 9.56. The zero-order valence-electron chi connectivity index (χ0n) is 15.0. The zero-order valence-corrected chi connectivity index (χ0v) is 16.0. The summed E-state index contributed by atoms with van der Waals surface area (Å²) in [5.74, 6) is 0. The summed E-state index contributed by atoms with van der Waals surface area (Å²) in [6.07, 6.45) is 2.15. The number of hydrogen-bond donors (Lipinski definition) is 0. The standard InChI is InChI=1S/C26H18Si/c1-3-9-19-17(7-1)15-23-21(19)11-5-13-25(23)27-26-14-6-12-22-20-10-4-2-8-18(20)16-24(22)26/h1-14H,15-16H2. The Kier molecular flexibility index (Phi) is 3.26. The van der Waals surface area contributed by atoms with Crippen LogP contribution in [0, 0.1) is 0 Å². The van der Waals surface area contributed by atoms with Gasteiger partial charge in [0.15, 0.2) is 0 Å². The Morgan fingerprint density at radius 1 is 0.444 bits per heavy atom. The molecule has 0 heterocycles. The summed E-state index contributed by atoms with van der Waals surface area (Å²) >= 11 is 0. The summed E-state index contributed by atoms with van der Waals surface area (Å²) in [5, 5.41) is 3.01. The molecule has 126 valence electrons. The molecule has 0 spiro atoms. The highest BCUT2D eigenvalue weighted by Crippen LogP contribution is 2.36. The second kappa shape index (κ2) is 5.80. The second-order valence-corrected chi connectivity index (χ2v) is 8.78. The molecule has 0 atom stereocenters. The molecule has 0 nitrogen and oxygen atoms in total. The van der Waals surface area contributed by atoms with E-state index >= 15 is 0 Å². The predicted molar refractivity (Wildman–Crippen MR) is 114 cm³/mol. The van der Waals surface area contributed by atoms with Gasteiger partial charge in [0.05, 0.1) is 0 Å². The van der Waals surface area contributed by atoms with E-state index in [2.05, 4.69) is 84.9 Å². The smallest absolute Gasteiger partial charge is 0.0628 e. The number of rotatable bonds is 2. The van der Waals surface area contributed by atoms with E-state index in [0.29, 0.717) is 9.52 Å². The van der Waals surface area contributed by atoms with Crippen molar-refractivity contribution in [2.24, 2.45) is 0 Å². The quantitative estimate of drug-likeness (QED) is 0.400. The molecule has 0 aromatic heterocycles. The number of benzene rings is 4. The van der Waals surface area contributed by atoms with E-state index in [0.717, 1.165) is 12.8 Å². The fourth-order valence-electron chi connectivity index (χ4n) is 4.69. The molecule has 1 heteroatoms. The molecule has 0 unspecified atom stereocenters. The molecule has 2 aliphatic carbocycles. The van der Waals surface area contributed by atoms with Crippen LogP contribution < -0.4 is 10.4 Å². The van der Waals surface area contributed by atoms with E-state index in [1.807, 2.05) is 0 Å². The van der Waals surface area contributed by atoms with Crippen molar-refractivity contribution in [1.82, 2.24) is 0 Å². The van der Waals surface area contributed by atoms with Crippen molar-refractivity contribution < 1.29 is 0 Å². The Morgan fingerprint density at radius 3 is 1.41 bits per heavy atom. The lowest BCUT2D eigenvalue weighted by molar-refractivity contribution is 1.27. The maximum Gasteiger partial charge on any atom is 0.122 e. The number of fused-ring (bicyclic) bond motifs is 6. The largest absolute Gasteiger partial charge is 0.122 e. The van der Waals surface area contributed by atoms with Crippen LogP contribution in [0.3, 0.4) is 0 Å². The molecule has 0 bridgehead atoms. The van der Waals surface area contributed by atoms with Crippen molar-refractivity contribution in [3.8, 4) is 22.3 Å². The van der Waals surface area contributed by atoms with E-state index in [9.17, 15) is 0 Å². The Bertz CT molecular complexity index is 1110. The van der Waals surface area contributed by atoms with E-state index in [1.165, 1.54) is 54.9 Å². The van der Waals surface area contributed by atoms with E-state index < -0.39 is 0 Å². The molecule has 0 saturated carbocycles. The van der Waals surface area contributed by atoms with Crippen LogP contribution in [0.5, 0.6) is 0 Å². The SMILES string of the molecule is c1ccc2c(c1)Cc1c([Si]c3cccc4c3Cc3ccccc3-4)cccc1-2. The Morgan fingerprint density at radius 2 is 0.889 bits per heavy atom. The highest BCUT2D eigenvalue weighted by Gasteiger charge is 2.24. The minimum absolute atomic E-state index is 0.716. The van der Waals surface area contributed by atoms with Gasteiger partial charge in [-0.2, -0.15) is 0 Å². The molecule has 27 heavy (non-hydrogen) atoms. The molecule has 4 aromatic carbocycles. The molecular formula is C26H18Si. The molecule has 0 aliphatic heterocycles. The topological polar surface area (TPSA) is 0 Å². The second-order valence-electron chi connectivity index (χ2n) is 7.46. The lowest BCUT2D eigenvalue weighted by Crippen LogP contribution is -2.32. The van der Waals surface area contributed by atoms with Crippen molar-refractivity contribution in [1.29, 1.82) is 0 Å². The summed E-state index contributed by atoms with van der Waals surface area (Å²) < 4.78 is 0. The van der Waals surface area contributed by atoms with Gasteiger partial charge in [-0.3, -0.25) is 0 Å². The predicted octanol–water partition coefficient (Wildman–Crippen LogP) is 4.48. The lowest BCUT2D eigenvalue weighted by Gasteiger charge is -2.11. The van der Waals surface area contributed by atoms with Crippen LogP contribution in [-0.2, 0) is 12.8 Å². The molecule has 6 rings (SSSR count). The average molecular weight is 359 g/mol. The van der Waals surface area contributed by atoms with Gasteiger partial charge in [0.1, 0.15) is 9.52 Å². The van der Waals surface area contributed by atoms with E-state index in [4.69, 9.17) is 0 Å². The van der Waals surface area contributed by atoms with Crippen molar-refractivity contribution >= 4 is 19.9 Å². The molecule has 0 saturated heterocycles. The first-order valence-corrected chi connectivity index (χ1v) is 10.6. The van der Waals surface area contributed by atoms with Gasteiger partial charge in [0, 0.05) is 0 Å². The monoisotopic (exact) mass is 358 g/mol. The van der Waals surface area contributed by atoms with Crippen molar-refractivity contribution in [2.75, 3.05) is 0 Å². The summed E-state index contributed by atoms with van der Waals surface area (Å²) in [6.45, 7) is 0. The van der Waals surface area contributed by atoms with Crippen LogP contribution in [0.25, 0.3) is 22.3 Å². The third-order valence-electron chi connectivity index (χ3n) is 5.97. The maximum atomic E-state index is 2.34. The van der Waals surface area contributed by atoms with Gasteiger partial charge in [-0.25, -0.2) is 0 Å². The van der Waals surface area contributed by atoms with Gasteiger partial charge >= 0.3 is 0 Å². The van der Waals surface area contributed by atoms with Crippen LogP contribution in [0.2, 0.25) is 0 Å². The van der Waals surface area contributed by atoms with Crippen LogP contribution in [0.1, 0.15) is 22.3 Å². The summed E-state index contributed by atoms with van der Waals surface area (Å²) in [5.41, 5.74) is 11.7. The fourth-order valence-corrected chi connectivity index (χ4v) is 6.09. The van der Waals surface area contributed by atoms with Crippen LogP contribution in [0.15, 0.2) is 84.9 Å². The molecule has 4 aromatic rings. The summed E-state index contributed by atoms with van der Waals surface area (Å²) in [6, 6.07) is 31.5. The molecule has 0 N–H and O–H groups in total. The van der Waals surface area contributed by atoms with Crippen molar-refractivity contribution in [3.63, 3.8) is 0 Å². The Labute approximate surface area is 162 Å². The van der Waals surface area contributed by atoms with E-state index in [1.54, 1.807) is 0 Å². The van der Waals surface area contributed by atoms with Gasteiger partial charge < -0.3 is 0 Å². The van der Waals surface area contributed by atoms with Gasteiger partial charge in [-0.05, 0) is 57.3 Å². The summed E-state index contributed by atoms with van der Waals surface area (Å²) in [7, 11) is 0.716. The third kappa shape index (κ3) is 2.28. The maximum absolute atomic E-state index is 2.34. The molecule has 2 radical (unpaired) electrons. The first kappa shape index (κ1) is 15.2. The minimum atomic E-state index is 0.716. The normalized spacial score (nSPS) is 13.0. The minimum Gasteiger partial charge on any atom is -0.0628 e. The average Bonchev–Trinajstić information content (AvgIpc) is 3.28. The first-order chi connectivity index (χ1) is 13.4. The van der Waals surface area contributed by atoms with Crippen molar-refractivity contribution in [2.45, 2.75) is 12.8 Å². The van der Waals surface area contributed by atoms with Crippen LogP contribution in [0.4, 0.5) is 0 Å². The summed E-state index contributed by atoms with van der Waals surface area (Å²) in [4.78, 5) is 0. The van der Waals surface area contributed by atoms with Crippen LogP contribution in [-0.4, -0.2) is 9.52 Å². The van der Waals surface area contributed by atoms with Gasteiger partial charge in [-0.15, -0.1) is 0 Å². The van der Waals surface area contributed by atoms with Gasteiger partial charge in [0.25, 0.3) is 0 Å². The van der Waals surface area contributed by atoms with Gasteiger partial charge in [-0.1, -0.05) is 95.3 Å². The van der Waals surface area contributed by atoms with Gasteiger partial charge in [0.2, 0.25) is 0 Å². The zero-order chi connectivity index (χ0) is 17.8. The molecule has 0 fully saturated rings. The van der Waals surface area contributed by atoms with Crippen molar-refractivity contribution in [3.05, 3.63) is 107 Å². The highest BCUT2D eigenvalue weighted by atomic mass is 28.2. The number of hydrogen-bond acceptors (Lipinski definition) is 0. The highest BCUT2D eigenvalue weighted by molar-refractivity contribution is 6.68. The molecular weight excluding hydrogens is 340 g/mol.